The molecule has 0 aliphatic carbocycles. The number of ether oxygens (including phenoxy) is 1. The van der Waals surface area contributed by atoms with E-state index in [-0.39, 0.29) is 10.9 Å². The lowest BCUT2D eigenvalue weighted by Crippen LogP contribution is -2.21. The van der Waals surface area contributed by atoms with Crippen molar-refractivity contribution in [1.82, 2.24) is 0 Å². The minimum Gasteiger partial charge on any atom is -0.435 e. The van der Waals surface area contributed by atoms with Gasteiger partial charge < -0.3 is 9.57 Å². The van der Waals surface area contributed by atoms with Gasteiger partial charge in [-0.25, -0.2) is 4.79 Å². The lowest BCUT2D eigenvalue weighted by atomic mass is 10.1. The third kappa shape index (κ3) is 4.49. The highest BCUT2D eigenvalue weighted by atomic mass is 32.2. The fourth-order valence-corrected chi connectivity index (χ4v) is 2.45. The summed E-state index contributed by atoms with van der Waals surface area (Å²) in [6, 6.07) is 13.8. The summed E-state index contributed by atoms with van der Waals surface area (Å²) in [6.07, 6.45) is 4.16. The van der Waals surface area contributed by atoms with Crippen molar-refractivity contribution in [2.75, 3.05) is 18.3 Å². The zero-order valence-corrected chi connectivity index (χ0v) is 13.1. The zero-order chi connectivity index (χ0) is 15.2. The molecule has 0 amide bonds. The second kappa shape index (κ2) is 7.13. The van der Waals surface area contributed by atoms with Crippen molar-refractivity contribution in [3.63, 3.8) is 0 Å². The van der Waals surface area contributed by atoms with Crippen molar-refractivity contribution in [2.24, 2.45) is 5.16 Å². The van der Waals surface area contributed by atoms with Crippen LogP contribution in [0.3, 0.4) is 0 Å². The van der Waals surface area contributed by atoms with E-state index < -0.39 is 5.97 Å². The summed E-state index contributed by atoms with van der Waals surface area (Å²) in [5.41, 5.74) is 0. The van der Waals surface area contributed by atoms with E-state index in [9.17, 15) is 4.79 Å². The Morgan fingerprint density at radius 1 is 1.14 bits per heavy atom. The summed E-state index contributed by atoms with van der Waals surface area (Å²) in [6.45, 7) is 1.32. The molecule has 0 fully saturated rings. The molecular formula is C16H18NO3S+. The van der Waals surface area contributed by atoms with E-state index in [4.69, 9.17) is 9.57 Å². The molecule has 0 unspecified atom stereocenters. The van der Waals surface area contributed by atoms with Crippen molar-refractivity contribution >= 4 is 33.5 Å². The van der Waals surface area contributed by atoms with Crippen LogP contribution >= 0.6 is 0 Å². The molecule has 0 radical (unpaired) electrons. The molecule has 0 aromatic heterocycles. The first-order valence-corrected chi connectivity index (χ1v) is 8.71. The van der Waals surface area contributed by atoms with Crippen molar-refractivity contribution in [3.05, 3.63) is 42.5 Å². The number of hydrogen-bond donors (Lipinski definition) is 0. The van der Waals surface area contributed by atoms with Crippen LogP contribution in [0.1, 0.15) is 6.92 Å². The van der Waals surface area contributed by atoms with Gasteiger partial charge in [-0.1, -0.05) is 36.4 Å². The third-order valence-corrected chi connectivity index (χ3v) is 3.49. The molecule has 0 saturated carbocycles. The van der Waals surface area contributed by atoms with Crippen molar-refractivity contribution in [3.8, 4) is 5.75 Å². The van der Waals surface area contributed by atoms with Gasteiger partial charge in [0.1, 0.15) is 5.75 Å². The molecule has 0 saturated heterocycles. The lowest BCUT2D eigenvalue weighted by molar-refractivity contribution is -0.141. The maximum Gasteiger partial charge on any atom is 0.332 e. The average molecular weight is 304 g/mol. The molecule has 5 heteroatoms. The molecule has 2 rings (SSSR count). The molecular weight excluding hydrogens is 286 g/mol. The Bertz CT molecular complexity index is 662. The van der Waals surface area contributed by atoms with E-state index in [1.807, 2.05) is 42.5 Å². The topological polar surface area (TPSA) is 47.9 Å². The minimum absolute atomic E-state index is 0.0852. The lowest BCUT2D eigenvalue weighted by Gasteiger charge is -2.09. The highest BCUT2D eigenvalue weighted by molar-refractivity contribution is 7.96. The molecule has 0 bridgehead atoms. The fourth-order valence-electron chi connectivity index (χ4n) is 1.85. The predicted molar refractivity (Wildman–Crippen MR) is 87.9 cm³/mol. The van der Waals surface area contributed by atoms with Crippen LogP contribution in [0.4, 0.5) is 0 Å². The smallest absolute Gasteiger partial charge is 0.332 e. The first-order chi connectivity index (χ1) is 10.1. The van der Waals surface area contributed by atoms with Crippen LogP contribution < -0.4 is 4.74 Å². The molecule has 0 spiro atoms. The second-order valence-corrected chi connectivity index (χ2v) is 7.04. The van der Waals surface area contributed by atoms with E-state index in [1.165, 1.54) is 6.92 Å². The highest BCUT2D eigenvalue weighted by Gasteiger charge is 2.15. The second-order valence-electron chi connectivity index (χ2n) is 4.78. The Morgan fingerprint density at radius 3 is 2.57 bits per heavy atom. The van der Waals surface area contributed by atoms with Gasteiger partial charge in [0.05, 0.1) is 12.5 Å². The number of oxime groups is 1. The van der Waals surface area contributed by atoms with Gasteiger partial charge in [-0.05, 0) is 27.5 Å². The summed E-state index contributed by atoms with van der Waals surface area (Å²) in [7, 11) is 0.0852. The van der Waals surface area contributed by atoms with Crippen LogP contribution in [0.2, 0.25) is 0 Å². The molecule has 0 aliphatic rings. The minimum atomic E-state index is -0.457. The molecule has 2 aromatic rings. The van der Waals surface area contributed by atoms with Crippen LogP contribution in [-0.4, -0.2) is 30.1 Å². The van der Waals surface area contributed by atoms with Crippen LogP contribution in [-0.2, 0) is 20.5 Å². The largest absolute Gasteiger partial charge is 0.435 e. The molecule has 0 heterocycles. The SMILES string of the molecule is CC(=O)ON=C(C[S+](C)C)Oc1cccc2ccccc12. The molecule has 0 N–H and O–H groups in total. The van der Waals surface area contributed by atoms with Gasteiger partial charge in [0.25, 0.3) is 5.90 Å². The standard InChI is InChI=1S/C16H18NO3S/c1-12(18)20-17-16(11-21(2)3)19-15-10-6-8-13-7-4-5-9-14(13)15/h4-10H,11H2,1-3H3/q+1. The Balaban J connectivity index is 2.29. The Kier molecular flexibility index (Phi) is 5.22. The molecule has 21 heavy (non-hydrogen) atoms. The Morgan fingerprint density at radius 2 is 1.86 bits per heavy atom. The van der Waals surface area contributed by atoms with Crippen LogP contribution in [0.25, 0.3) is 10.8 Å². The number of carbonyl (C=O) groups excluding carboxylic acids is 1. The van der Waals surface area contributed by atoms with E-state index in [2.05, 4.69) is 17.7 Å². The van der Waals surface area contributed by atoms with Gasteiger partial charge >= 0.3 is 5.97 Å². The zero-order valence-electron chi connectivity index (χ0n) is 12.3. The number of rotatable bonds is 4. The molecule has 0 aliphatic heterocycles. The van der Waals surface area contributed by atoms with Gasteiger partial charge in [-0.3, -0.25) is 0 Å². The summed E-state index contributed by atoms with van der Waals surface area (Å²) in [5.74, 6) is 1.29. The monoisotopic (exact) mass is 304 g/mol. The van der Waals surface area contributed by atoms with Gasteiger partial charge in [-0.2, -0.15) is 0 Å². The summed E-state index contributed by atoms with van der Waals surface area (Å²) < 4.78 is 5.87. The van der Waals surface area contributed by atoms with E-state index >= 15 is 0 Å². The van der Waals surface area contributed by atoms with E-state index in [0.717, 1.165) is 10.8 Å². The predicted octanol–water partition coefficient (Wildman–Crippen LogP) is 2.97. The van der Waals surface area contributed by atoms with Crippen molar-refractivity contribution in [2.45, 2.75) is 6.92 Å². The van der Waals surface area contributed by atoms with Crippen molar-refractivity contribution < 1.29 is 14.4 Å². The molecule has 110 valence electrons. The molecule has 4 nitrogen and oxygen atoms in total. The third-order valence-electron chi connectivity index (χ3n) is 2.67. The molecule has 0 atom stereocenters. The molecule has 2 aromatic carbocycles. The normalized spacial score (nSPS) is 11.7. The Hall–Kier alpha value is -2.01. The van der Waals surface area contributed by atoms with Gasteiger partial charge in [-0.15, -0.1) is 0 Å². The number of fused-ring (bicyclic) bond motifs is 1. The van der Waals surface area contributed by atoms with Crippen LogP contribution in [0.15, 0.2) is 47.6 Å². The average Bonchev–Trinajstić information content (AvgIpc) is 2.44. The number of nitrogens with zero attached hydrogens (tertiary/aromatic N) is 1. The Labute approximate surface area is 127 Å². The number of carbonyl (C=O) groups is 1. The quantitative estimate of drug-likeness (QED) is 0.287. The van der Waals surface area contributed by atoms with Crippen LogP contribution in [0, 0.1) is 0 Å². The summed E-state index contributed by atoms with van der Waals surface area (Å²) in [4.78, 5) is 15.6. The van der Waals surface area contributed by atoms with Crippen LogP contribution in [0.5, 0.6) is 5.75 Å². The maximum atomic E-state index is 10.9. The highest BCUT2D eigenvalue weighted by Crippen LogP contribution is 2.25. The number of hydrogen-bond acceptors (Lipinski definition) is 4. The van der Waals surface area contributed by atoms with Gasteiger partial charge in [0, 0.05) is 12.3 Å². The first kappa shape index (κ1) is 15.4. The van der Waals surface area contributed by atoms with Crippen molar-refractivity contribution in [1.29, 1.82) is 0 Å². The number of benzene rings is 2. The maximum absolute atomic E-state index is 10.9. The van der Waals surface area contributed by atoms with E-state index in [0.29, 0.717) is 17.4 Å². The fraction of sp³-hybridized carbons (Fsp3) is 0.250. The summed E-state index contributed by atoms with van der Waals surface area (Å²) in [5, 5.41) is 5.91. The van der Waals surface area contributed by atoms with Gasteiger partial charge in [0.15, 0.2) is 5.75 Å². The van der Waals surface area contributed by atoms with E-state index in [1.54, 1.807) is 0 Å². The summed E-state index contributed by atoms with van der Waals surface area (Å²) >= 11 is 0. The first-order valence-electron chi connectivity index (χ1n) is 6.50. The van der Waals surface area contributed by atoms with Gasteiger partial charge in [0.2, 0.25) is 0 Å².